The van der Waals surface area contributed by atoms with Gasteiger partial charge in [-0.2, -0.15) is 0 Å². The number of thioether (sulfide) groups is 1. The van der Waals surface area contributed by atoms with Crippen molar-refractivity contribution in [1.82, 2.24) is 5.32 Å². The van der Waals surface area contributed by atoms with E-state index in [4.69, 9.17) is 9.47 Å². The van der Waals surface area contributed by atoms with Gasteiger partial charge in [-0.05, 0) is 29.7 Å². The number of carbonyl (C=O) groups is 1. The highest BCUT2D eigenvalue weighted by Gasteiger charge is 2.13. The topological polar surface area (TPSA) is 47.6 Å². The summed E-state index contributed by atoms with van der Waals surface area (Å²) in [4.78, 5) is 13.1. The zero-order chi connectivity index (χ0) is 16.8. The Morgan fingerprint density at radius 2 is 1.88 bits per heavy atom. The van der Waals surface area contributed by atoms with Crippen molar-refractivity contribution < 1.29 is 14.3 Å². The van der Waals surface area contributed by atoms with E-state index < -0.39 is 0 Å². The van der Waals surface area contributed by atoms with Crippen LogP contribution in [0.2, 0.25) is 0 Å². The maximum Gasteiger partial charge on any atom is 0.230 e. The lowest BCUT2D eigenvalue weighted by Crippen LogP contribution is -2.28. The second kappa shape index (κ2) is 8.11. The fourth-order valence-electron chi connectivity index (χ4n) is 2.48. The van der Waals surface area contributed by atoms with Gasteiger partial charge in [0.05, 0.1) is 5.75 Å². The van der Waals surface area contributed by atoms with Gasteiger partial charge in [0.1, 0.15) is 13.2 Å². The fourth-order valence-corrected chi connectivity index (χ4v) is 3.23. The second-order valence-electron chi connectivity index (χ2n) is 5.71. The van der Waals surface area contributed by atoms with Crippen LogP contribution in [-0.4, -0.2) is 31.4 Å². The van der Waals surface area contributed by atoms with Gasteiger partial charge in [0, 0.05) is 11.4 Å². The third-order valence-corrected chi connectivity index (χ3v) is 4.85. The predicted molar refractivity (Wildman–Crippen MR) is 96.0 cm³/mol. The molecular formula is C19H21NO3S. The lowest BCUT2D eigenvalue weighted by atomic mass is 10.0. The molecular weight excluding hydrogens is 322 g/mol. The summed E-state index contributed by atoms with van der Waals surface area (Å²) >= 11 is 1.50. The summed E-state index contributed by atoms with van der Waals surface area (Å²) in [5.41, 5.74) is 1.23. The van der Waals surface area contributed by atoms with Gasteiger partial charge in [-0.1, -0.05) is 37.3 Å². The second-order valence-corrected chi connectivity index (χ2v) is 6.76. The van der Waals surface area contributed by atoms with Crippen molar-refractivity contribution in [1.29, 1.82) is 0 Å². The normalized spacial score (nSPS) is 14.0. The number of hydrogen-bond donors (Lipinski definition) is 1. The van der Waals surface area contributed by atoms with E-state index in [1.807, 2.05) is 36.4 Å². The number of amides is 1. The maximum absolute atomic E-state index is 12.1. The number of nitrogens with one attached hydrogen (secondary N) is 1. The minimum absolute atomic E-state index is 0.0395. The van der Waals surface area contributed by atoms with Crippen LogP contribution < -0.4 is 14.8 Å². The molecule has 126 valence electrons. The molecule has 1 aliphatic heterocycles. The number of rotatable bonds is 6. The van der Waals surface area contributed by atoms with Crippen LogP contribution in [-0.2, 0) is 4.79 Å². The minimum atomic E-state index is 0.0395. The molecule has 0 saturated heterocycles. The Bertz CT molecular complexity index is 690. The van der Waals surface area contributed by atoms with Crippen molar-refractivity contribution in [2.75, 3.05) is 25.5 Å². The Hall–Kier alpha value is -2.14. The Morgan fingerprint density at radius 1 is 1.12 bits per heavy atom. The van der Waals surface area contributed by atoms with E-state index in [2.05, 4.69) is 24.4 Å². The first-order valence-corrected chi connectivity index (χ1v) is 9.05. The van der Waals surface area contributed by atoms with Crippen LogP contribution >= 0.6 is 11.8 Å². The molecule has 0 saturated carbocycles. The largest absolute Gasteiger partial charge is 0.486 e. The quantitative estimate of drug-likeness (QED) is 0.816. The van der Waals surface area contributed by atoms with Crippen molar-refractivity contribution in [3.05, 3.63) is 54.1 Å². The number of hydrogen-bond acceptors (Lipinski definition) is 4. The smallest absolute Gasteiger partial charge is 0.230 e. The highest BCUT2D eigenvalue weighted by molar-refractivity contribution is 8.00. The van der Waals surface area contributed by atoms with Crippen molar-refractivity contribution in [3.8, 4) is 11.5 Å². The highest BCUT2D eigenvalue weighted by atomic mass is 32.2. The molecule has 0 unspecified atom stereocenters. The minimum Gasteiger partial charge on any atom is -0.486 e. The van der Waals surface area contributed by atoms with Gasteiger partial charge in [-0.25, -0.2) is 0 Å². The summed E-state index contributed by atoms with van der Waals surface area (Å²) < 4.78 is 11.1. The molecule has 1 N–H and O–H groups in total. The van der Waals surface area contributed by atoms with Crippen LogP contribution in [0, 0.1) is 0 Å². The molecule has 1 heterocycles. The van der Waals surface area contributed by atoms with Gasteiger partial charge < -0.3 is 14.8 Å². The van der Waals surface area contributed by atoms with Crippen LogP contribution in [0.3, 0.4) is 0 Å². The van der Waals surface area contributed by atoms with Crippen molar-refractivity contribution >= 4 is 17.7 Å². The maximum atomic E-state index is 12.1. The monoisotopic (exact) mass is 343 g/mol. The molecule has 0 bridgehead atoms. The van der Waals surface area contributed by atoms with E-state index in [9.17, 15) is 4.79 Å². The molecule has 1 amide bonds. The molecule has 5 heteroatoms. The predicted octanol–water partition coefficient (Wildman–Crippen LogP) is 3.47. The SMILES string of the molecule is C[C@H](CNC(=O)CSc1ccc2c(c1)OCCO2)c1ccccc1. The zero-order valence-corrected chi connectivity index (χ0v) is 14.5. The van der Waals surface area contributed by atoms with Gasteiger partial charge in [0.25, 0.3) is 0 Å². The molecule has 0 aromatic heterocycles. The molecule has 4 nitrogen and oxygen atoms in total. The summed E-state index contributed by atoms with van der Waals surface area (Å²) in [7, 11) is 0. The van der Waals surface area contributed by atoms with E-state index in [0.717, 1.165) is 16.4 Å². The van der Waals surface area contributed by atoms with Crippen molar-refractivity contribution in [2.45, 2.75) is 17.7 Å². The van der Waals surface area contributed by atoms with E-state index >= 15 is 0 Å². The van der Waals surface area contributed by atoms with Gasteiger partial charge >= 0.3 is 0 Å². The lowest BCUT2D eigenvalue weighted by Gasteiger charge is -2.18. The number of carbonyl (C=O) groups excluding carboxylic acids is 1. The van der Waals surface area contributed by atoms with Crippen LogP contribution in [0.5, 0.6) is 11.5 Å². The first kappa shape index (κ1) is 16.7. The van der Waals surface area contributed by atoms with Gasteiger partial charge in [0.2, 0.25) is 5.91 Å². The average Bonchev–Trinajstić information content (AvgIpc) is 2.65. The summed E-state index contributed by atoms with van der Waals surface area (Å²) in [6.07, 6.45) is 0. The van der Waals surface area contributed by atoms with Crippen molar-refractivity contribution in [2.24, 2.45) is 0 Å². The molecule has 1 aliphatic rings. The van der Waals surface area contributed by atoms with E-state index in [-0.39, 0.29) is 5.91 Å². The Morgan fingerprint density at radius 3 is 2.67 bits per heavy atom. The van der Waals surface area contributed by atoms with Gasteiger partial charge in [-0.15, -0.1) is 11.8 Å². The number of fused-ring (bicyclic) bond motifs is 1. The van der Waals surface area contributed by atoms with Crippen molar-refractivity contribution in [3.63, 3.8) is 0 Å². The lowest BCUT2D eigenvalue weighted by molar-refractivity contribution is -0.118. The van der Waals surface area contributed by atoms with Crippen LogP contribution in [0.4, 0.5) is 0 Å². The van der Waals surface area contributed by atoms with Crippen LogP contribution in [0.15, 0.2) is 53.4 Å². The van der Waals surface area contributed by atoms with E-state index in [0.29, 0.717) is 31.4 Å². The molecule has 0 aliphatic carbocycles. The van der Waals surface area contributed by atoms with Crippen LogP contribution in [0.1, 0.15) is 18.4 Å². The highest BCUT2D eigenvalue weighted by Crippen LogP contribution is 2.34. The summed E-state index contributed by atoms with van der Waals surface area (Å²) in [6.45, 7) is 3.91. The molecule has 2 aromatic rings. The third-order valence-electron chi connectivity index (χ3n) is 3.86. The number of benzene rings is 2. The molecule has 2 aromatic carbocycles. The number of ether oxygens (including phenoxy) is 2. The molecule has 3 rings (SSSR count). The first-order valence-electron chi connectivity index (χ1n) is 8.06. The molecule has 24 heavy (non-hydrogen) atoms. The standard InChI is InChI=1S/C19H21NO3S/c1-14(15-5-3-2-4-6-15)12-20-19(21)13-24-16-7-8-17-18(11-16)23-10-9-22-17/h2-8,11,14H,9-10,12-13H2,1H3,(H,20,21)/t14-/m1/s1. The molecule has 0 fully saturated rings. The third kappa shape index (κ3) is 4.45. The van der Waals surface area contributed by atoms with Gasteiger partial charge in [-0.3, -0.25) is 4.79 Å². The Kier molecular flexibility index (Phi) is 5.64. The molecule has 0 radical (unpaired) electrons. The summed E-state index contributed by atoms with van der Waals surface area (Å²) in [5, 5.41) is 3.00. The summed E-state index contributed by atoms with van der Waals surface area (Å²) in [5.74, 6) is 2.25. The Labute approximate surface area is 146 Å². The van der Waals surface area contributed by atoms with E-state index in [1.54, 1.807) is 0 Å². The fraction of sp³-hybridized carbons (Fsp3) is 0.316. The molecule has 1 atom stereocenters. The average molecular weight is 343 g/mol. The first-order chi connectivity index (χ1) is 11.7. The Balaban J connectivity index is 1.46. The molecule has 0 spiro atoms. The van der Waals surface area contributed by atoms with Gasteiger partial charge in [0.15, 0.2) is 11.5 Å². The zero-order valence-electron chi connectivity index (χ0n) is 13.7. The summed E-state index contributed by atoms with van der Waals surface area (Å²) in [6, 6.07) is 16.0. The van der Waals surface area contributed by atoms with Crippen LogP contribution in [0.25, 0.3) is 0 Å². The van der Waals surface area contributed by atoms with E-state index in [1.165, 1.54) is 17.3 Å².